The molecule has 40 heavy (non-hydrogen) atoms. The zero-order valence-electron chi connectivity index (χ0n) is 22.5. The molecule has 1 saturated carbocycles. The molecule has 8 heteroatoms. The molecule has 208 valence electrons. The van der Waals surface area contributed by atoms with E-state index in [4.69, 9.17) is 21.3 Å². The fourth-order valence-corrected chi connectivity index (χ4v) is 5.74. The first-order valence-electron chi connectivity index (χ1n) is 13.8. The van der Waals surface area contributed by atoms with Gasteiger partial charge in [0.05, 0.1) is 23.4 Å². The molecule has 2 amide bonds. The van der Waals surface area contributed by atoms with Crippen LogP contribution < -0.4 is 15.0 Å². The topological polar surface area (TPSA) is 91.2 Å². The third-order valence-electron chi connectivity index (χ3n) is 7.75. The molecule has 1 fully saturated rings. The molecule has 1 aliphatic carbocycles. The minimum absolute atomic E-state index is 0.0319. The van der Waals surface area contributed by atoms with Gasteiger partial charge in [0.15, 0.2) is 0 Å². The van der Waals surface area contributed by atoms with Crippen LogP contribution in [0.2, 0.25) is 5.02 Å². The monoisotopic (exact) mass is 559 g/mol. The number of ether oxygens (including phenoxy) is 1. The van der Waals surface area contributed by atoms with E-state index in [1.165, 1.54) is 4.90 Å². The van der Waals surface area contributed by atoms with Crippen LogP contribution in [0.15, 0.2) is 83.9 Å². The number of amides is 2. The predicted octanol–water partition coefficient (Wildman–Crippen LogP) is 5.23. The number of para-hydroxylation sites is 1. The summed E-state index contributed by atoms with van der Waals surface area (Å²) in [5, 5.41) is 14.6. The first-order chi connectivity index (χ1) is 19.4. The van der Waals surface area contributed by atoms with Crippen molar-refractivity contribution in [3.63, 3.8) is 0 Å². The average molecular weight is 560 g/mol. The Labute approximate surface area is 239 Å². The van der Waals surface area contributed by atoms with Gasteiger partial charge in [-0.3, -0.25) is 9.59 Å². The Bertz CT molecular complexity index is 1360. The maximum absolute atomic E-state index is 13.8. The SMILES string of the molecule is CN1C(=O)C(NC(=O)C(CC2CCCC2)C(O)COc2ccccc2)N=C(c2ccccc2)c2cc(Cl)ccc21. The van der Waals surface area contributed by atoms with Gasteiger partial charge in [-0.1, -0.05) is 85.8 Å². The van der Waals surface area contributed by atoms with Crippen LogP contribution in [0, 0.1) is 11.8 Å². The summed E-state index contributed by atoms with van der Waals surface area (Å²) in [5.41, 5.74) is 2.70. The number of benzene rings is 3. The third kappa shape index (κ3) is 6.37. The standard InChI is InChI=1S/C32H34ClN3O4/c1-36-27-17-16-23(33)19-25(27)29(22-12-4-2-5-13-22)34-30(32(36)39)35-31(38)26(18-21-10-8-9-11-21)28(37)20-40-24-14-6-3-7-15-24/h2-7,12-17,19,21,26,28,30,37H,8-11,18,20H2,1H3,(H,35,38). The highest BCUT2D eigenvalue weighted by Gasteiger charge is 2.36. The molecule has 3 aromatic carbocycles. The van der Waals surface area contributed by atoms with Crippen molar-refractivity contribution in [3.05, 3.63) is 95.0 Å². The van der Waals surface area contributed by atoms with Crippen LogP contribution in [0.4, 0.5) is 5.69 Å². The van der Waals surface area contributed by atoms with E-state index in [9.17, 15) is 14.7 Å². The average Bonchev–Trinajstić information content (AvgIpc) is 3.47. The smallest absolute Gasteiger partial charge is 0.272 e. The van der Waals surface area contributed by atoms with Gasteiger partial charge in [-0.05, 0) is 42.7 Å². The van der Waals surface area contributed by atoms with Crippen molar-refractivity contribution in [2.75, 3.05) is 18.6 Å². The molecule has 0 saturated heterocycles. The molecule has 1 heterocycles. The highest BCUT2D eigenvalue weighted by molar-refractivity contribution is 6.32. The lowest BCUT2D eigenvalue weighted by Gasteiger charge is -2.27. The summed E-state index contributed by atoms with van der Waals surface area (Å²) in [7, 11) is 1.66. The Morgan fingerprint density at radius 3 is 2.45 bits per heavy atom. The van der Waals surface area contributed by atoms with Crippen molar-refractivity contribution in [2.45, 2.75) is 44.4 Å². The van der Waals surface area contributed by atoms with Crippen molar-refractivity contribution in [2.24, 2.45) is 16.8 Å². The Kier molecular flexibility index (Phi) is 8.82. The van der Waals surface area contributed by atoms with E-state index in [1.807, 2.05) is 60.7 Å². The number of fused-ring (bicyclic) bond motifs is 1. The maximum Gasteiger partial charge on any atom is 0.272 e. The van der Waals surface area contributed by atoms with Gasteiger partial charge in [0.2, 0.25) is 12.1 Å². The highest BCUT2D eigenvalue weighted by atomic mass is 35.5. The highest BCUT2D eigenvalue weighted by Crippen LogP contribution is 2.33. The number of hydrogen-bond acceptors (Lipinski definition) is 5. The largest absolute Gasteiger partial charge is 0.491 e. The molecule has 1 aliphatic heterocycles. The van der Waals surface area contributed by atoms with Gasteiger partial charge in [-0.15, -0.1) is 0 Å². The minimum atomic E-state index is -1.17. The number of aliphatic hydroxyl groups excluding tert-OH is 1. The summed E-state index contributed by atoms with van der Waals surface area (Å²) in [4.78, 5) is 33.7. The number of carbonyl (C=O) groups excluding carboxylic acids is 2. The molecule has 0 radical (unpaired) electrons. The van der Waals surface area contributed by atoms with Crippen molar-refractivity contribution in [3.8, 4) is 5.75 Å². The summed E-state index contributed by atoms with van der Waals surface area (Å²) in [5.74, 6) is -0.582. The van der Waals surface area contributed by atoms with E-state index in [0.29, 0.717) is 40.1 Å². The summed E-state index contributed by atoms with van der Waals surface area (Å²) >= 11 is 6.35. The molecule has 5 rings (SSSR count). The van der Waals surface area contributed by atoms with Crippen LogP contribution in [0.3, 0.4) is 0 Å². The quantitative estimate of drug-likeness (QED) is 0.375. The summed E-state index contributed by atoms with van der Waals surface area (Å²) in [6, 6.07) is 24.0. The lowest BCUT2D eigenvalue weighted by Crippen LogP contribution is -2.50. The summed E-state index contributed by atoms with van der Waals surface area (Å²) in [6.45, 7) is -0.0319. The number of likely N-dealkylation sites (N-methyl/N-ethyl adjacent to an activating group) is 1. The molecule has 3 atom stereocenters. The van der Waals surface area contributed by atoms with Crippen LogP contribution >= 0.6 is 11.6 Å². The number of halogens is 1. The van der Waals surface area contributed by atoms with Gasteiger partial charge in [0.1, 0.15) is 12.4 Å². The number of nitrogens with one attached hydrogen (secondary N) is 1. The molecule has 0 spiro atoms. The van der Waals surface area contributed by atoms with E-state index < -0.39 is 24.1 Å². The Morgan fingerprint density at radius 2 is 1.75 bits per heavy atom. The van der Waals surface area contributed by atoms with Crippen molar-refractivity contribution in [1.82, 2.24) is 5.32 Å². The van der Waals surface area contributed by atoms with Gasteiger partial charge in [-0.2, -0.15) is 0 Å². The van der Waals surface area contributed by atoms with Crippen LogP contribution in [0.25, 0.3) is 0 Å². The summed E-state index contributed by atoms with van der Waals surface area (Å²) < 4.78 is 5.79. The van der Waals surface area contributed by atoms with Crippen molar-refractivity contribution >= 4 is 34.8 Å². The van der Waals surface area contributed by atoms with E-state index in [-0.39, 0.29) is 12.5 Å². The fraction of sp³-hybridized carbons (Fsp3) is 0.344. The number of rotatable bonds is 9. The molecule has 7 nitrogen and oxygen atoms in total. The zero-order chi connectivity index (χ0) is 28.1. The maximum atomic E-state index is 13.8. The second-order valence-electron chi connectivity index (χ2n) is 10.5. The van der Waals surface area contributed by atoms with Gasteiger partial charge in [-0.25, -0.2) is 4.99 Å². The molecule has 3 aromatic rings. The first kappa shape index (κ1) is 27.9. The Morgan fingerprint density at radius 1 is 1.07 bits per heavy atom. The number of carbonyl (C=O) groups is 2. The van der Waals surface area contributed by atoms with Crippen molar-refractivity contribution in [1.29, 1.82) is 0 Å². The van der Waals surface area contributed by atoms with Gasteiger partial charge in [0.25, 0.3) is 5.91 Å². The number of hydrogen-bond donors (Lipinski definition) is 2. The third-order valence-corrected chi connectivity index (χ3v) is 7.99. The van der Waals surface area contributed by atoms with Crippen LogP contribution in [-0.4, -0.2) is 48.6 Å². The number of aliphatic imine (C=N–C) groups is 1. The van der Waals surface area contributed by atoms with E-state index in [0.717, 1.165) is 31.2 Å². The van der Waals surface area contributed by atoms with Crippen LogP contribution in [0.1, 0.15) is 43.2 Å². The Balaban J connectivity index is 1.43. The number of aliphatic hydroxyl groups is 1. The molecular formula is C32H34ClN3O4. The number of nitrogens with zero attached hydrogens (tertiary/aromatic N) is 2. The normalized spacial score (nSPS) is 18.9. The lowest BCUT2D eigenvalue weighted by atomic mass is 9.88. The second-order valence-corrected chi connectivity index (χ2v) is 10.9. The zero-order valence-corrected chi connectivity index (χ0v) is 23.3. The van der Waals surface area contributed by atoms with Gasteiger partial charge >= 0.3 is 0 Å². The van der Waals surface area contributed by atoms with Crippen LogP contribution in [0.5, 0.6) is 5.75 Å². The molecular weight excluding hydrogens is 526 g/mol. The molecule has 2 N–H and O–H groups in total. The molecule has 3 unspecified atom stereocenters. The van der Waals surface area contributed by atoms with E-state index in [1.54, 1.807) is 25.2 Å². The first-order valence-corrected chi connectivity index (χ1v) is 14.2. The number of anilines is 1. The van der Waals surface area contributed by atoms with Gasteiger partial charge < -0.3 is 20.1 Å². The van der Waals surface area contributed by atoms with Gasteiger partial charge in [0, 0.05) is 23.2 Å². The minimum Gasteiger partial charge on any atom is -0.491 e. The second kappa shape index (κ2) is 12.7. The Hall–Kier alpha value is -3.68. The van der Waals surface area contributed by atoms with Crippen molar-refractivity contribution < 1.29 is 19.4 Å². The van der Waals surface area contributed by atoms with E-state index >= 15 is 0 Å². The lowest BCUT2D eigenvalue weighted by molar-refractivity contribution is -0.133. The number of benzodiazepines with no additional fused rings is 1. The molecule has 0 bridgehead atoms. The van der Waals surface area contributed by atoms with Crippen LogP contribution in [-0.2, 0) is 9.59 Å². The van der Waals surface area contributed by atoms with E-state index in [2.05, 4.69) is 5.32 Å². The fourth-order valence-electron chi connectivity index (χ4n) is 5.57. The predicted molar refractivity (Wildman–Crippen MR) is 157 cm³/mol. The summed E-state index contributed by atoms with van der Waals surface area (Å²) in [6.07, 6.45) is 2.58. The molecule has 2 aliphatic rings. The molecule has 0 aromatic heterocycles.